The first kappa shape index (κ1) is 21.8. The molecule has 1 unspecified atom stereocenters. The molecule has 0 saturated heterocycles. The summed E-state index contributed by atoms with van der Waals surface area (Å²) < 4.78 is 5.28. The van der Waals surface area contributed by atoms with Gasteiger partial charge in [-0.1, -0.05) is 30.3 Å². The molecule has 4 fully saturated rings. The summed E-state index contributed by atoms with van der Waals surface area (Å²) in [6, 6.07) is 9.51. The molecular weight excluding hydrogens is 394 g/mol. The molecule has 7 heteroatoms. The number of rotatable bonds is 9. The molecule has 31 heavy (non-hydrogen) atoms. The summed E-state index contributed by atoms with van der Waals surface area (Å²) in [6.45, 7) is 1.94. The molecule has 0 heterocycles. The predicted molar refractivity (Wildman–Crippen MR) is 115 cm³/mol. The maximum atomic E-state index is 13.3. The van der Waals surface area contributed by atoms with Crippen LogP contribution in [0.3, 0.4) is 0 Å². The average Bonchev–Trinajstić information content (AvgIpc) is 2.71. The maximum Gasteiger partial charge on any atom is 0.307 e. The molecular formula is C24H33N3O4. The first-order chi connectivity index (χ1) is 14.9. The largest absolute Gasteiger partial charge is 0.461 e. The van der Waals surface area contributed by atoms with Crippen molar-refractivity contribution in [3.63, 3.8) is 0 Å². The van der Waals surface area contributed by atoms with Crippen LogP contribution in [0.2, 0.25) is 0 Å². The number of carbonyl (C=O) groups excluding carboxylic acids is 3. The van der Waals surface area contributed by atoms with E-state index in [1.807, 2.05) is 30.3 Å². The summed E-state index contributed by atoms with van der Waals surface area (Å²) in [7, 11) is 0. The van der Waals surface area contributed by atoms with Crippen molar-refractivity contribution in [1.82, 2.24) is 16.0 Å². The average molecular weight is 428 g/mol. The van der Waals surface area contributed by atoms with Crippen LogP contribution in [0, 0.1) is 23.2 Å². The van der Waals surface area contributed by atoms with Crippen LogP contribution in [0.15, 0.2) is 30.3 Å². The Morgan fingerprint density at radius 3 is 2.19 bits per heavy atom. The molecule has 3 N–H and O–H groups in total. The number of hydrogen-bond acceptors (Lipinski definition) is 5. The molecule has 1 aromatic rings. The Balaban J connectivity index is 1.26. The number of carbonyl (C=O) groups is 3. The monoisotopic (exact) mass is 427 g/mol. The van der Waals surface area contributed by atoms with E-state index in [0.29, 0.717) is 24.3 Å². The smallest absolute Gasteiger partial charge is 0.307 e. The second kappa shape index (κ2) is 9.39. The lowest BCUT2D eigenvalue weighted by atomic mass is 9.49. The van der Waals surface area contributed by atoms with Gasteiger partial charge in [0.25, 0.3) is 0 Å². The Kier molecular flexibility index (Phi) is 6.60. The first-order valence-electron chi connectivity index (χ1n) is 11.4. The molecule has 0 aromatic heterocycles. The Hall–Kier alpha value is -2.41. The highest BCUT2D eigenvalue weighted by atomic mass is 16.5. The van der Waals surface area contributed by atoms with E-state index in [1.54, 1.807) is 0 Å². The van der Waals surface area contributed by atoms with E-state index in [0.717, 1.165) is 24.8 Å². The molecule has 168 valence electrons. The summed E-state index contributed by atoms with van der Waals surface area (Å²) in [5, 5.41) is 8.82. The van der Waals surface area contributed by atoms with Crippen molar-refractivity contribution in [3.8, 4) is 0 Å². The molecule has 4 aliphatic carbocycles. The minimum absolute atomic E-state index is 0.0319. The summed E-state index contributed by atoms with van der Waals surface area (Å²) in [6.07, 6.45) is 6.15. The topological polar surface area (TPSA) is 96.5 Å². The summed E-state index contributed by atoms with van der Waals surface area (Å²) in [5.41, 5.74) is 0.643. The van der Waals surface area contributed by atoms with E-state index >= 15 is 0 Å². The third-order valence-electron chi connectivity index (χ3n) is 7.06. The summed E-state index contributed by atoms with van der Waals surface area (Å²) >= 11 is 0. The van der Waals surface area contributed by atoms with Crippen molar-refractivity contribution >= 4 is 17.8 Å². The Bertz CT molecular complexity index is 775. The molecule has 4 saturated carbocycles. The van der Waals surface area contributed by atoms with Gasteiger partial charge in [0.2, 0.25) is 11.8 Å². The van der Waals surface area contributed by atoms with E-state index in [1.165, 1.54) is 26.2 Å². The Labute approximate surface area is 183 Å². The molecule has 0 radical (unpaired) electrons. The zero-order chi connectivity index (χ0) is 21.8. The lowest BCUT2D eigenvalue weighted by Crippen LogP contribution is -2.61. The highest BCUT2D eigenvalue weighted by molar-refractivity contribution is 5.84. The van der Waals surface area contributed by atoms with E-state index in [9.17, 15) is 14.4 Å². The molecule has 7 nitrogen and oxygen atoms in total. The first-order valence-corrected chi connectivity index (χ1v) is 11.4. The van der Waals surface area contributed by atoms with Gasteiger partial charge in [0.1, 0.15) is 6.61 Å². The van der Waals surface area contributed by atoms with Gasteiger partial charge >= 0.3 is 5.97 Å². The third-order valence-corrected chi connectivity index (χ3v) is 7.06. The molecule has 1 atom stereocenters. The summed E-state index contributed by atoms with van der Waals surface area (Å²) in [4.78, 5) is 36.9. The van der Waals surface area contributed by atoms with Gasteiger partial charge in [0, 0.05) is 13.5 Å². The number of esters is 1. The highest BCUT2D eigenvalue weighted by Crippen LogP contribution is 2.60. The van der Waals surface area contributed by atoms with Crippen LogP contribution in [0.1, 0.15) is 57.4 Å². The minimum Gasteiger partial charge on any atom is -0.461 e. The predicted octanol–water partition coefficient (Wildman–Crippen LogP) is 2.46. The zero-order valence-electron chi connectivity index (χ0n) is 18.2. The number of benzene rings is 1. The van der Waals surface area contributed by atoms with Crippen LogP contribution in [0.5, 0.6) is 0 Å². The van der Waals surface area contributed by atoms with Crippen molar-refractivity contribution in [2.24, 2.45) is 23.2 Å². The Morgan fingerprint density at radius 1 is 1.00 bits per heavy atom. The normalized spacial score (nSPS) is 29.3. The maximum absolute atomic E-state index is 13.3. The second-order valence-electron chi connectivity index (χ2n) is 9.66. The molecule has 1 aromatic carbocycles. The molecule has 4 aliphatic rings. The van der Waals surface area contributed by atoms with Crippen LogP contribution in [-0.2, 0) is 25.7 Å². The van der Waals surface area contributed by atoms with Gasteiger partial charge in [-0.3, -0.25) is 19.7 Å². The fourth-order valence-electron chi connectivity index (χ4n) is 6.14. The number of amides is 2. The van der Waals surface area contributed by atoms with Gasteiger partial charge in [0.05, 0.1) is 11.8 Å². The van der Waals surface area contributed by atoms with Crippen LogP contribution in [0.25, 0.3) is 0 Å². The quantitative estimate of drug-likeness (QED) is 0.416. The van der Waals surface area contributed by atoms with E-state index in [2.05, 4.69) is 16.0 Å². The van der Waals surface area contributed by atoms with Crippen LogP contribution in [0.4, 0.5) is 0 Å². The lowest BCUT2D eigenvalue weighted by molar-refractivity contribution is -0.147. The van der Waals surface area contributed by atoms with Crippen molar-refractivity contribution in [3.05, 3.63) is 35.9 Å². The fraction of sp³-hybridized carbons (Fsp3) is 0.625. The van der Waals surface area contributed by atoms with Crippen LogP contribution >= 0.6 is 0 Å². The minimum atomic E-state index is -0.695. The van der Waals surface area contributed by atoms with Gasteiger partial charge in [-0.15, -0.1) is 0 Å². The zero-order valence-corrected chi connectivity index (χ0v) is 18.2. The lowest BCUT2D eigenvalue weighted by Gasteiger charge is -2.55. The van der Waals surface area contributed by atoms with Gasteiger partial charge < -0.3 is 15.4 Å². The molecule has 0 spiro atoms. The van der Waals surface area contributed by atoms with Gasteiger partial charge in [-0.2, -0.15) is 0 Å². The Morgan fingerprint density at radius 2 is 1.61 bits per heavy atom. The second-order valence-corrected chi connectivity index (χ2v) is 9.66. The van der Waals surface area contributed by atoms with Crippen molar-refractivity contribution in [1.29, 1.82) is 0 Å². The van der Waals surface area contributed by atoms with Gasteiger partial charge in [0.15, 0.2) is 6.29 Å². The van der Waals surface area contributed by atoms with E-state index in [4.69, 9.17) is 4.74 Å². The van der Waals surface area contributed by atoms with Crippen LogP contribution < -0.4 is 16.0 Å². The van der Waals surface area contributed by atoms with E-state index in [-0.39, 0.29) is 36.2 Å². The number of nitrogens with one attached hydrogen (secondary N) is 3. The van der Waals surface area contributed by atoms with Crippen molar-refractivity contribution in [2.75, 3.05) is 6.54 Å². The van der Waals surface area contributed by atoms with Crippen molar-refractivity contribution < 1.29 is 19.1 Å². The molecule has 2 amide bonds. The SMILES string of the molecule is CC(=O)NC(NCCC(=O)OCc1ccccc1)NC(=O)C12CC3CC(CC(C3)C1)C2. The number of hydrogen-bond donors (Lipinski definition) is 3. The standard InChI is InChI=1S/C24H33N3O4/c1-16(28)26-23(25-8-7-21(29)31-15-17-5-3-2-4-6-17)27-22(30)24-12-18-9-19(13-24)11-20(10-18)14-24/h2-6,18-20,23,25H,7-15H2,1H3,(H,26,28)(H,27,30). The van der Waals surface area contributed by atoms with E-state index < -0.39 is 6.29 Å². The molecule has 0 aliphatic heterocycles. The highest BCUT2D eigenvalue weighted by Gasteiger charge is 2.54. The third kappa shape index (κ3) is 5.45. The molecule has 5 rings (SSSR count). The van der Waals surface area contributed by atoms with Crippen molar-refractivity contribution in [2.45, 2.75) is 64.8 Å². The number of ether oxygens (including phenoxy) is 1. The fourth-order valence-corrected chi connectivity index (χ4v) is 6.14. The van der Waals surface area contributed by atoms with Gasteiger partial charge in [-0.05, 0) is 61.8 Å². The summed E-state index contributed by atoms with van der Waals surface area (Å²) in [5.74, 6) is 1.47. The molecule has 4 bridgehead atoms. The van der Waals surface area contributed by atoms with Crippen LogP contribution in [-0.4, -0.2) is 30.6 Å². The van der Waals surface area contributed by atoms with Gasteiger partial charge in [-0.25, -0.2) is 0 Å².